The molecular formula is C30H30N4O2S. The number of piperazine rings is 1. The Morgan fingerprint density at radius 1 is 0.865 bits per heavy atom. The van der Waals surface area contributed by atoms with Crippen LogP contribution in [0.5, 0.6) is 0 Å². The summed E-state index contributed by atoms with van der Waals surface area (Å²) in [5.74, 6) is 0.893. The fraction of sp³-hybridized carbons (Fsp3) is 0.233. The molecule has 1 aliphatic heterocycles. The minimum absolute atomic E-state index is 0.253. The van der Waals surface area contributed by atoms with Crippen molar-refractivity contribution in [2.45, 2.75) is 13.8 Å². The number of aromatic nitrogens is 1. The van der Waals surface area contributed by atoms with Gasteiger partial charge in [-0.15, -0.1) is 0 Å². The quantitative estimate of drug-likeness (QED) is 0.223. The normalized spacial score (nSPS) is 14.1. The molecule has 2 heterocycles. The fourth-order valence-electron chi connectivity index (χ4n) is 4.31. The number of amidine groups is 1. The first-order valence-corrected chi connectivity index (χ1v) is 13.4. The molecule has 4 aromatic rings. The molecule has 1 saturated heterocycles. The maximum absolute atomic E-state index is 12.3. The lowest BCUT2D eigenvalue weighted by Gasteiger charge is -2.36. The molecular weight excluding hydrogens is 480 g/mol. The summed E-state index contributed by atoms with van der Waals surface area (Å²) >= 11 is 1.60. The van der Waals surface area contributed by atoms with Crippen LogP contribution < -0.4 is 0 Å². The zero-order chi connectivity index (χ0) is 25.6. The van der Waals surface area contributed by atoms with Crippen molar-refractivity contribution in [1.29, 1.82) is 0 Å². The number of carbonyl (C=O) groups excluding carboxylic acids is 1. The zero-order valence-electron chi connectivity index (χ0n) is 21.1. The smallest absolute Gasteiger partial charge is 0.409 e. The highest BCUT2D eigenvalue weighted by Crippen LogP contribution is 2.40. The highest BCUT2D eigenvalue weighted by atomic mass is 32.1. The van der Waals surface area contributed by atoms with Gasteiger partial charge in [0.05, 0.1) is 6.61 Å². The number of hydrogen-bond acceptors (Lipinski definition) is 5. The SMILES string of the molecule is CCOC(=O)N1CCN(/C(=N/c2sc(-c3ccccc3)nc2-c2ccccc2)c2ccc(C)cc2)CC1. The lowest BCUT2D eigenvalue weighted by Crippen LogP contribution is -2.50. The van der Waals surface area contributed by atoms with Gasteiger partial charge in [-0.25, -0.2) is 14.8 Å². The highest BCUT2D eigenvalue weighted by molar-refractivity contribution is 7.19. The molecule has 37 heavy (non-hydrogen) atoms. The Balaban J connectivity index is 1.56. The van der Waals surface area contributed by atoms with E-state index in [-0.39, 0.29) is 6.09 Å². The molecule has 0 unspecified atom stereocenters. The molecule has 0 radical (unpaired) electrons. The average molecular weight is 511 g/mol. The largest absolute Gasteiger partial charge is 0.450 e. The van der Waals surface area contributed by atoms with Crippen LogP contribution in [0.2, 0.25) is 0 Å². The first-order valence-electron chi connectivity index (χ1n) is 12.6. The molecule has 0 spiro atoms. The third kappa shape index (κ3) is 5.73. The molecule has 5 rings (SSSR count). The molecule has 1 fully saturated rings. The topological polar surface area (TPSA) is 58.0 Å². The molecule has 3 aromatic carbocycles. The van der Waals surface area contributed by atoms with E-state index in [0.29, 0.717) is 32.8 Å². The standard InChI is InChI=1S/C30H30N4O2S/c1-3-36-30(35)34-20-18-33(19-21-34)27(24-16-14-22(2)15-17-24)32-29-26(23-10-6-4-7-11-23)31-28(37-29)25-12-8-5-9-13-25/h4-17H,3,18-21H2,1-2H3/b32-27+. The Hall–Kier alpha value is -3.97. The van der Waals surface area contributed by atoms with Crippen LogP contribution in [-0.2, 0) is 4.74 Å². The van der Waals surface area contributed by atoms with Gasteiger partial charge in [0, 0.05) is 42.9 Å². The predicted octanol–water partition coefficient (Wildman–Crippen LogP) is 6.64. The van der Waals surface area contributed by atoms with E-state index in [1.165, 1.54) is 5.56 Å². The molecule has 1 aromatic heterocycles. The number of amides is 1. The van der Waals surface area contributed by atoms with Crippen LogP contribution in [0.1, 0.15) is 18.1 Å². The third-order valence-corrected chi connectivity index (χ3v) is 7.30. The molecule has 7 heteroatoms. The number of nitrogens with zero attached hydrogens (tertiary/aromatic N) is 4. The van der Waals surface area contributed by atoms with Gasteiger partial charge in [0.2, 0.25) is 0 Å². The van der Waals surface area contributed by atoms with Gasteiger partial charge in [-0.2, -0.15) is 0 Å². The van der Waals surface area contributed by atoms with Crippen molar-refractivity contribution in [2.24, 2.45) is 4.99 Å². The van der Waals surface area contributed by atoms with Crippen LogP contribution in [0.15, 0.2) is 89.9 Å². The lowest BCUT2D eigenvalue weighted by molar-refractivity contribution is 0.0921. The van der Waals surface area contributed by atoms with Gasteiger partial charge < -0.3 is 14.5 Å². The Kier molecular flexibility index (Phi) is 7.61. The van der Waals surface area contributed by atoms with Crippen molar-refractivity contribution >= 4 is 28.3 Å². The second kappa shape index (κ2) is 11.4. The van der Waals surface area contributed by atoms with Crippen molar-refractivity contribution in [3.63, 3.8) is 0 Å². The number of aryl methyl sites for hydroxylation is 1. The van der Waals surface area contributed by atoms with E-state index in [2.05, 4.69) is 60.4 Å². The number of rotatable bonds is 5. The monoisotopic (exact) mass is 510 g/mol. The third-order valence-electron chi connectivity index (χ3n) is 6.30. The summed E-state index contributed by atoms with van der Waals surface area (Å²) in [5.41, 5.74) is 5.23. The van der Waals surface area contributed by atoms with Gasteiger partial charge in [-0.3, -0.25) is 0 Å². The Bertz CT molecular complexity index is 1360. The molecule has 0 N–H and O–H groups in total. The van der Waals surface area contributed by atoms with Gasteiger partial charge in [0.25, 0.3) is 0 Å². The Morgan fingerprint density at radius 3 is 2.08 bits per heavy atom. The number of benzene rings is 3. The number of ether oxygens (including phenoxy) is 1. The van der Waals surface area contributed by atoms with Gasteiger partial charge in [0.1, 0.15) is 21.5 Å². The van der Waals surface area contributed by atoms with Crippen molar-refractivity contribution in [2.75, 3.05) is 32.8 Å². The molecule has 0 aliphatic carbocycles. The Labute approximate surface area is 221 Å². The van der Waals surface area contributed by atoms with Gasteiger partial charge in [0.15, 0.2) is 0 Å². The molecule has 188 valence electrons. The van der Waals surface area contributed by atoms with Crippen LogP contribution in [0.3, 0.4) is 0 Å². The average Bonchev–Trinajstić information content (AvgIpc) is 3.37. The molecule has 0 atom stereocenters. The summed E-state index contributed by atoms with van der Waals surface area (Å²) in [6.45, 7) is 6.83. The number of hydrogen-bond donors (Lipinski definition) is 0. The maximum atomic E-state index is 12.3. The van der Waals surface area contributed by atoms with E-state index in [1.807, 2.05) is 43.3 Å². The van der Waals surface area contributed by atoms with E-state index in [9.17, 15) is 4.79 Å². The molecule has 1 aliphatic rings. The second-order valence-corrected chi connectivity index (χ2v) is 9.86. The van der Waals surface area contributed by atoms with Crippen LogP contribution in [0.25, 0.3) is 21.8 Å². The fourth-order valence-corrected chi connectivity index (χ4v) is 5.27. The summed E-state index contributed by atoms with van der Waals surface area (Å²) in [4.78, 5) is 26.6. The first kappa shape index (κ1) is 24.7. The lowest BCUT2D eigenvalue weighted by atomic mass is 10.1. The molecule has 6 nitrogen and oxygen atoms in total. The highest BCUT2D eigenvalue weighted by Gasteiger charge is 2.25. The molecule has 1 amide bonds. The molecule has 0 bridgehead atoms. The van der Waals surface area contributed by atoms with E-state index in [4.69, 9.17) is 14.7 Å². The first-order chi connectivity index (χ1) is 18.1. The van der Waals surface area contributed by atoms with Crippen molar-refractivity contribution in [3.8, 4) is 21.8 Å². The van der Waals surface area contributed by atoms with Crippen LogP contribution in [-0.4, -0.2) is 59.5 Å². The second-order valence-electron chi connectivity index (χ2n) is 8.88. The predicted molar refractivity (Wildman–Crippen MR) is 151 cm³/mol. The van der Waals surface area contributed by atoms with E-state index in [0.717, 1.165) is 38.2 Å². The van der Waals surface area contributed by atoms with Crippen LogP contribution in [0, 0.1) is 6.92 Å². The summed E-state index contributed by atoms with van der Waals surface area (Å²) in [6.07, 6.45) is -0.253. The summed E-state index contributed by atoms with van der Waals surface area (Å²) in [6, 6.07) is 28.9. The minimum atomic E-state index is -0.253. The minimum Gasteiger partial charge on any atom is -0.450 e. The Morgan fingerprint density at radius 2 is 1.46 bits per heavy atom. The van der Waals surface area contributed by atoms with Gasteiger partial charge in [-0.05, 0) is 13.8 Å². The summed E-state index contributed by atoms with van der Waals surface area (Å²) in [7, 11) is 0. The van der Waals surface area contributed by atoms with E-state index >= 15 is 0 Å². The zero-order valence-corrected chi connectivity index (χ0v) is 21.9. The van der Waals surface area contributed by atoms with Crippen molar-refractivity contribution in [3.05, 3.63) is 96.1 Å². The summed E-state index contributed by atoms with van der Waals surface area (Å²) < 4.78 is 5.21. The number of aliphatic imine (C=N–C) groups is 1. The van der Waals surface area contributed by atoms with Gasteiger partial charge in [-0.1, -0.05) is 102 Å². The van der Waals surface area contributed by atoms with Crippen molar-refractivity contribution < 1.29 is 9.53 Å². The van der Waals surface area contributed by atoms with Gasteiger partial charge >= 0.3 is 6.09 Å². The van der Waals surface area contributed by atoms with E-state index < -0.39 is 0 Å². The number of carbonyl (C=O) groups is 1. The van der Waals surface area contributed by atoms with E-state index in [1.54, 1.807) is 16.2 Å². The maximum Gasteiger partial charge on any atom is 0.409 e. The van der Waals surface area contributed by atoms with Crippen LogP contribution >= 0.6 is 11.3 Å². The summed E-state index contributed by atoms with van der Waals surface area (Å²) in [5, 5.41) is 1.81. The van der Waals surface area contributed by atoms with Crippen LogP contribution in [0.4, 0.5) is 9.80 Å². The number of thiazole rings is 1. The molecule has 0 saturated carbocycles. The van der Waals surface area contributed by atoms with Crippen molar-refractivity contribution in [1.82, 2.24) is 14.8 Å².